The summed E-state index contributed by atoms with van der Waals surface area (Å²) < 4.78 is 72.1. The summed E-state index contributed by atoms with van der Waals surface area (Å²) in [4.78, 5) is 0. The Kier molecular flexibility index (Phi) is 6.90. The van der Waals surface area contributed by atoms with Gasteiger partial charge < -0.3 is 10.6 Å². The summed E-state index contributed by atoms with van der Waals surface area (Å²) in [6.45, 7) is 0. The maximum absolute atomic E-state index is 12.1. The number of hydrogen-bond acceptors (Lipinski definition) is 6. The van der Waals surface area contributed by atoms with E-state index in [9.17, 15) is 26.3 Å². The Morgan fingerprint density at radius 2 is 1.36 bits per heavy atom. The first kappa shape index (κ1) is 20.9. The van der Waals surface area contributed by atoms with Crippen molar-refractivity contribution in [1.82, 2.24) is 20.4 Å². The van der Waals surface area contributed by atoms with E-state index in [1.807, 2.05) is 0 Å². The van der Waals surface area contributed by atoms with Crippen LogP contribution in [0.25, 0.3) is 0 Å². The van der Waals surface area contributed by atoms with Crippen molar-refractivity contribution in [1.29, 1.82) is 0 Å². The van der Waals surface area contributed by atoms with Crippen LogP contribution in [0.15, 0.2) is 22.7 Å². The van der Waals surface area contributed by atoms with Gasteiger partial charge in [0.1, 0.15) is 5.82 Å². The second kappa shape index (κ2) is 8.27. The van der Waals surface area contributed by atoms with E-state index in [0.29, 0.717) is 5.82 Å². The molecular weight excluding hydrogens is 422 g/mol. The molecule has 0 unspecified atom stereocenters. The van der Waals surface area contributed by atoms with Gasteiger partial charge in [0.05, 0.1) is 4.47 Å². The lowest BCUT2D eigenvalue weighted by atomic mass is 10.4. The molecule has 0 aliphatic rings. The highest BCUT2D eigenvalue weighted by molar-refractivity contribution is 9.10. The van der Waals surface area contributed by atoms with Crippen molar-refractivity contribution < 1.29 is 26.3 Å². The largest absolute Gasteiger partial charge is 0.435 e. The van der Waals surface area contributed by atoms with Gasteiger partial charge in [-0.1, -0.05) is 0 Å². The molecule has 0 atom stereocenters. The minimum Gasteiger partial charge on any atom is -0.372 e. The Morgan fingerprint density at radius 1 is 0.800 bits per heavy atom. The maximum Gasteiger partial charge on any atom is 0.435 e. The molecule has 2 aromatic heterocycles. The third kappa shape index (κ3) is 6.32. The van der Waals surface area contributed by atoms with Gasteiger partial charge in [-0.3, -0.25) is 0 Å². The number of anilines is 2. The predicted molar refractivity (Wildman–Crippen MR) is 80.9 cm³/mol. The number of alkyl halides is 6. The Labute approximate surface area is 146 Å². The van der Waals surface area contributed by atoms with Gasteiger partial charge in [0, 0.05) is 14.1 Å². The zero-order valence-electron chi connectivity index (χ0n) is 12.7. The van der Waals surface area contributed by atoms with Crippen molar-refractivity contribution in [2.45, 2.75) is 12.4 Å². The van der Waals surface area contributed by atoms with E-state index in [2.05, 4.69) is 47.0 Å². The third-order valence-electron chi connectivity index (χ3n) is 2.49. The van der Waals surface area contributed by atoms with E-state index in [1.165, 1.54) is 6.07 Å². The summed E-state index contributed by atoms with van der Waals surface area (Å²) in [6, 6.07) is 2.97. The van der Waals surface area contributed by atoms with Crippen molar-refractivity contribution in [2.24, 2.45) is 0 Å². The van der Waals surface area contributed by atoms with Gasteiger partial charge in [-0.2, -0.15) is 26.3 Å². The number of nitrogens with one attached hydrogen (secondary N) is 2. The predicted octanol–water partition coefficient (Wildman–Crippen LogP) is 3.84. The average Bonchev–Trinajstić information content (AvgIpc) is 2.54. The number of halogens is 7. The molecule has 13 heteroatoms. The molecule has 138 valence electrons. The SMILES string of the molecule is CNc1ccc(C(F)(F)F)nn1.CNc1nnc(C(F)(F)F)cc1Br. The van der Waals surface area contributed by atoms with Gasteiger partial charge in [0.2, 0.25) is 0 Å². The molecule has 2 rings (SSSR count). The number of aromatic nitrogens is 4. The standard InChI is InChI=1S/C6H5BrF3N3.C6H6F3N3/c1-11-5-3(7)2-4(12-13-5)6(8,9)10;1-10-5-3-2-4(11-12-5)6(7,8)9/h2H,1H3,(H,11,13);2-3H,1H3,(H,10,12). The number of nitrogens with zero attached hydrogens (tertiary/aromatic N) is 4. The van der Waals surface area contributed by atoms with E-state index < -0.39 is 23.7 Å². The molecule has 0 amide bonds. The summed E-state index contributed by atoms with van der Waals surface area (Å²) in [5.74, 6) is 0.580. The van der Waals surface area contributed by atoms with Crippen LogP contribution < -0.4 is 10.6 Å². The first-order valence-electron chi connectivity index (χ1n) is 6.36. The quantitative estimate of drug-likeness (QED) is 0.702. The molecule has 0 fully saturated rings. The van der Waals surface area contributed by atoms with Crippen LogP contribution in [0.2, 0.25) is 0 Å². The van der Waals surface area contributed by atoms with Crippen LogP contribution in [0.1, 0.15) is 11.4 Å². The highest BCUT2D eigenvalue weighted by Crippen LogP contribution is 2.30. The lowest BCUT2D eigenvalue weighted by Gasteiger charge is -2.06. The fraction of sp³-hybridized carbons (Fsp3) is 0.333. The van der Waals surface area contributed by atoms with E-state index >= 15 is 0 Å². The second-order valence-corrected chi connectivity index (χ2v) is 5.08. The van der Waals surface area contributed by atoms with Gasteiger partial charge in [-0.15, -0.1) is 20.4 Å². The monoisotopic (exact) mass is 432 g/mol. The molecule has 0 aliphatic carbocycles. The summed E-state index contributed by atoms with van der Waals surface area (Å²) in [5.41, 5.74) is -2.00. The first-order chi connectivity index (χ1) is 11.5. The smallest absolute Gasteiger partial charge is 0.372 e. The van der Waals surface area contributed by atoms with E-state index in [0.717, 1.165) is 12.1 Å². The summed E-state index contributed by atoms with van der Waals surface area (Å²) in [5, 5.41) is 17.8. The van der Waals surface area contributed by atoms with Crippen LogP contribution in [0.5, 0.6) is 0 Å². The highest BCUT2D eigenvalue weighted by atomic mass is 79.9. The molecule has 2 aromatic rings. The van der Waals surface area contributed by atoms with Gasteiger partial charge >= 0.3 is 12.4 Å². The Balaban J connectivity index is 0.000000251. The topological polar surface area (TPSA) is 75.6 Å². The second-order valence-electron chi connectivity index (χ2n) is 4.23. The number of rotatable bonds is 2. The highest BCUT2D eigenvalue weighted by Gasteiger charge is 2.34. The van der Waals surface area contributed by atoms with Crippen LogP contribution in [0.3, 0.4) is 0 Å². The molecule has 25 heavy (non-hydrogen) atoms. The van der Waals surface area contributed by atoms with Crippen LogP contribution in [0.4, 0.5) is 38.0 Å². The van der Waals surface area contributed by atoms with Crippen molar-refractivity contribution in [3.05, 3.63) is 34.1 Å². The normalized spacial score (nSPS) is 11.4. The first-order valence-corrected chi connectivity index (χ1v) is 7.15. The Morgan fingerprint density at radius 3 is 1.72 bits per heavy atom. The third-order valence-corrected chi connectivity index (χ3v) is 3.09. The molecule has 0 aliphatic heterocycles. The van der Waals surface area contributed by atoms with Crippen molar-refractivity contribution in [3.8, 4) is 0 Å². The molecule has 2 heterocycles. The van der Waals surface area contributed by atoms with E-state index in [1.54, 1.807) is 14.1 Å². The van der Waals surface area contributed by atoms with Crippen LogP contribution >= 0.6 is 15.9 Å². The van der Waals surface area contributed by atoms with Crippen molar-refractivity contribution >= 4 is 27.6 Å². The zero-order chi connectivity index (χ0) is 19.3. The molecule has 0 spiro atoms. The maximum atomic E-state index is 12.1. The summed E-state index contributed by atoms with van der Waals surface area (Å²) >= 11 is 2.93. The van der Waals surface area contributed by atoms with E-state index in [-0.39, 0.29) is 10.3 Å². The van der Waals surface area contributed by atoms with Crippen LogP contribution in [0, 0.1) is 0 Å². The summed E-state index contributed by atoms with van der Waals surface area (Å²) in [7, 11) is 3.10. The fourth-order valence-corrected chi connectivity index (χ4v) is 1.79. The van der Waals surface area contributed by atoms with Crippen molar-refractivity contribution in [2.75, 3.05) is 24.7 Å². The zero-order valence-corrected chi connectivity index (χ0v) is 14.3. The average molecular weight is 433 g/mol. The van der Waals surface area contributed by atoms with E-state index in [4.69, 9.17) is 0 Å². The van der Waals surface area contributed by atoms with Gasteiger partial charge in [-0.25, -0.2) is 0 Å². The molecule has 2 N–H and O–H groups in total. The number of hydrogen-bond donors (Lipinski definition) is 2. The van der Waals surface area contributed by atoms with Crippen molar-refractivity contribution in [3.63, 3.8) is 0 Å². The minimum atomic E-state index is -4.46. The molecule has 6 nitrogen and oxygen atoms in total. The molecule has 0 saturated carbocycles. The lowest BCUT2D eigenvalue weighted by molar-refractivity contribution is -0.142. The molecule has 0 aromatic carbocycles. The molecular formula is C12H11BrF6N6. The van der Waals surface area contributed by atoms with Gasteiger partial charge in [-0.05, 0) is 34.1 Å². The lowest BCUT2D eigenvalue weighted by Crippen LogP contribution is -2.10. The Bertz CT molecular complexity index is 688. The van der Waals surface area contributed by atoms with Crippen LogP contribution in [-0.4, -0.2) is 34.5 Å². The molecule has 0 bridgehead atoms. The fourth-order valence-electron chi connectivity index (χ4n) is 1.29. The summed E-state index contributed by atoms with van der Waals surface area (Å²) in [6.07, 6.45) is -8.87. The Hall–Kier alpha value is -2.18. The molecule has 0 radical (unpaired) electrons. The molecule has 0 saturated heterocycles. The van der Waals surface area contributed by atoms with Gasteiger partial charge in [0.15, 0.2) is 17.2 Å². The van der Waals surface area contributed by atoms with Gasteiger partial charge in [0.25, 0.3) is 0 Å². The minimum absolute atomic E-state index is 0.234. The van der Waals surface area contributed by atoms with Crippen LogP contribution in [-0.2, 0) is 12.4 Å².